The van der Waals surface area contributed by atoms with Crippen molar-refractivity contribution in [2.75, 3.05) is 26.2 Å². The maximum Gasteiger partial charge on any atom is 0.251 e. The zero-order valence-electron chi connectivity index (χ0n) is 16.2. The molecule has 0 radical (unpaired) electrons. The highest BCUT2D eigenvalue weighted by molar-refractivity contribution is 7.09. The van der Waals surface area contributed by atoms with Crippen molar-refractivity contribution in [3.05, 3.63) is 16.1 Å². The van der Waals surface area contributed by atoms with Crippen LogP contribution in [0.4, 0.5) is 8.78 Å². The van der Waals surface area contributed by atoms with E-state index in [0.29, 0.717) is 19.6 Å². The van der Waals surface area contributed by atoms with Crippen LogP contribution in [0.3, 0.4) is 0 Å². The summed E-state index contributed by atoms with van der Waals surface area (Å²) in [4.78, 5) is 11.2. The van der Waals surface area contributed by atoms with Gasteiger partial charge in [-0.05, 0) is 19.8 Å². The molecule has 5 nitrogen and oxygen atoms in total. The van der Waals surface area contributed by atoms with Gasteiger partial charge in [0.05, 0.1) is 18.8 Å². The molecule has 148 valence electrons. The van der Waals surface area contributed by atoms with E-state index in [9.17, 15) is 8.78 Å². The van der Waals surface area contributed by atoms with Crippen molar-refractivity contribution < 1.29 is 8.78 Å². The van der Waals surface area contributed by atoms with Crippen molar-refractivity contribution in [2.24, 2.45) is 4.99 Å². The van der Waals surface area contributed by atoms with Crippen LogP contribution in [0.5, 0.6) is 0 Å². The molecule has 0 unspecified atom stereocenters. The number of nitrogens with zero attached hydrogens (tertiary/aromatic N) is 3. The van der Waals surface area contributed by atoms with Gasteiger partial charge in [0.2, 0.25) is 0 Å². The Hall–Kier alpha value is -1.28. The zero-order chi connectivity index (χ0) is 19.2. The van der Waals surface area contributed by atoms with Gasteiger partial charge in [-0.25, -0.2) is 18.8 Å². The Morgan fingerprint density at radius 3 is 2.62 bits per heavy atom. The van der Waals surface area contributed by atoms with E-state index in [1.807, 2.05) is 11.8 Å². The monoisotopic (exact) mass is 387 g/mol. The van der Waals surface area contributed by atoms with Crippen LogP contribution < -0.4 is 10.6 Å². The van der Waals surface area contributed by atoms with Gasteiger partial charge in [-0.3, -0.25) is 4.90 Å². The van der Waals surface area contributed by atoms with Crippen LogP contribution in [0.2, 0.25) is 0 Å². The Labute approximate surface area is 159 Å². The lowest BCUT2D eigenvalue weighted by Crippen LogP contribution is -2.49. The molecule has 0 aliphatic carbocycles. The van der Waals surface area contributed by atoms with Crippen LogP contribution in [0.1, 0.15) is 51.2 Å². The van der Waals surface area contributed by atoms with Gasteiger partial charge in [-0.15, -0.1) is 11.3 Å². The normalized spacial score (nSPS) is 17.7. The highest BCUT2D eigenvalue weighted by Crippen LogP contribution is 2.24. The van der Waals surface area contributed by atoms with E-state index in [1.54, 1.807) is 11.3 Å². The summed E-state index contributed by atoms with van der Waals surface area (Å²) in [6.07, 6.45) is -0.555. The molecular weight excluding hydrogens is 356 g/mol. The summed E-state index contributed by atoms with van der Waals surface area (Å²) in [6, 6.07) is 0.267. The third-order valence-corrected chi connectivity index (χ3v) is 5.20. The smallest absolute Gasteiger partial charge is 0.251 e. The molecule has 1 aromatic heterocycles. The molecule has 1 aliphatic heterocycles. The molecule has 26 heavy (non-hydrogen) atoms. The van der Waals surface area contributed by atoms with Crippen molar-refractivity contribution in [3.8, 4) is 0 Å². The number of guanidine groups is 1. The van der Waals surface area contributed by atoms with Gasteiger partial charge < -0.3 is 10.6 Å². The number of nitrogens with one attached hydrogen (secondary N) is 2. The molecule has 0 bridgehead atoms. The van der Waals surface area contributed by atoms with Crippen LogP contribution in [-0.2, 0) is 12.0 Å². The average molecular weight is 388 g/mol. The minimum absolute atomic E-state index is 0.0490. The fourth-order valence-electron chi connectivity index (χ4n) is 2.84. The van der Waals surface area contributed by atoms with E-state index in [0.717, 1.165) is 36.0 Å². The number of piperidine rings is 1. The van der Waals surface area contributed by atoms with E-state index in [4.69, 9.17) is 0 Å². The highest BCUT2D eigenvalue weighted by Gasteiger charge is 2.22. The van der Waals surface area contributed by atoms with Crippen LogP contribution >= 0.6 is 11.3 Å². The van der Waals surface area contributed by atoms with Gasteiger partial charge in [-0.1, -0.05) is 20.8 Å². The van der Waals surface area contributed by atoms with Crippen molar-refractivity contribution in [1.82, 2.24) is 20.5 Å². The quantitative estimate of drug-likeness (QED) is 0.581. The zero-order valence-corrected chi connectivity index (χ0v) is 17.0. The maximum absolute atomic E-state index is 12.5. The van der Waals surface area contributed by atoms with Crippen molar-refractivity contribution >= 4 is 17.3 Å². The van der Waals surface area contributed by atoms with Gasteiger partial charge in [0, 0.05) is 36.5 Å². The second-order valence-corrected chi connectivity index (χ2v) is 8.62. The highest BCUT2D eigenvalue weighted by atomic mass is 32.1. The van der Waals surface area contributed by atoms with Crippen molar-refractivity contribution in [2.45, 2.75) is 65.0 Å². The number of aromatic nitrogens is 1. The molecule has 0 spiro atoms. The van der Waals surface area contributed by atoms with Crippen LogP contribution in [0.15, 0.2) is 10.4 Å². The first-order valence-corrected chi connectivity index (χ1v) is 10.2. The van der Waals surface area contributed by atoms with Gasteiger partial charge >= 0.3 is 0 Å². The van der Waals surface area contributed by atoms with Gasteiger partial charge in [0.25, 0.3) is 6.43 Å². The lowest BCUT2D eigenvalue weighted by molar-refractivity contribution is 0.0744. The van der Waals surface area contributed by atoms with Crippen LogP contribution in [-0.4, -0.2) is 54.5 Å². The summed E-state index contributed by atoms with van der Waals surface area (Å²) in [5.41, 5.74) is 1.14. The summed E-state index contributed by atoms with van der Waals surface area (Å²) in [5.74, 6) is 0.771. The molecule has 0 atom stereocenters. The fourth-order valence-corrected chi connectivity index (χ4v) is 3.79. The summed E-state index contributed by atoms with van der Waals surface area (Å²) >= 11 is 1.64. The molecule has 1 aromatic rings. The Morgan fingerprint density at radius 2 is 2.08 bits per heavy atom. The van der Waals surface area contributed by atoms with Crippen LogP contribution in [0.25, 0.3) is 0 Å². The average Bonchev–Trinajstić information content (AvgIpc) is 3.03. The molecule has 2 rings (SSSR count). The first-order valence-electron chi connectivity index (χ1n) is 9.28. The summed E-state index contributed by atoms with van der Waals surface area (Å²) in [7, 11) is 0. The van der Waals surface area contributed by atoms with Gasteiger partial charge in [0.1, 0.15) is 5.01 Å². The third kappa shape index (κ3) is 6.79. The summed E-state index contributed by atoms with van der Waals surface area (Å²) in [5, 5.41) is 9.80. The molecule has 1 fully saturated rings. The molecule has 0 amide bonds. The number of hydrogen-bond donors (Lipinski definition) is 2. The number of aliphatic imine (C=N–C) groups is 1. The Bertz CT molecular complexity index is 574. The van der Waals surface area contributed by atoms with E-state index >= 15 is 0 Å². The molecule has 1 aliphatic rings. The molecule has 0 aromatic carbocycles. The Balaban J connectivity index is 1.88. The lowest BCUT2D eigenvalue weighted by atomic mass is 9.93. The lowest BCUT2D eigenvalue weighted by Gasteiger charge is -2.32. The molecule has 2 N–H and O–H groups in total. The van der Waals surface area contributed by atoms with Crippen molar-refractivity contribution in [1.29, 1.82) is 0 Å². The minimum Gasteiger partial charge on any atom is -0.357 e. The number of hydrogen-bond acceptors (Lipinski definition) is 4. The largest absolute Gasteiger partial charge is 0.357 e. The fraction of sp³-hybridized carbons (Fsp3) is 0.778. The molecular formula is C18H31F2N5S. The Morgan fingerprint density at radius 1 is 1.38 bits per heavy atom. The standard InChI is InChI=1S/C18H31F2N5S/c1-5-21-17(22-10-16-24-14(12-26-16)18(2,3)4)23-13-6-8-25(9-7-13)11-15(19)20/h12-13,15H,5-11H2,1-4H3,(H2,21,22,23). The van der Waals surface area contributed by atoms with E-state index < -0.39 is 6.43 Å². The number of halogens is 2. The predicted octanol–water partition coefficient (Wildman–Crippen LogP) is 3.23. The van der Waals surface area contributed by atoms with Crippen LogP contribution in [0, 0.1) is 0 Å². The SMILES string of the molecule is CCNC(=NCc1nc(C(C)(C)C)cs1)NC1CCN(CC(F)F)CC1. The van der Waals surface area contributed by atoms with Gasteiger partial charge in [-0.2, -0.15) is 0 Å². The molecule has 2 heterocycles. The molecule has 1 saturated heterocycles. The van der Waals surface area contributed by atoms with Gasteiger partial charge in [0.15, 0.2) is 5.96 Å². The molecule has 0 saturated carbocycles. The number of thiazole rings is 1. The minimum atomic E-state index is -2.25. The summed E-state index contributed by atoms with van der Waals surface area (Å²) < 4.78 is 24.9. The first-order chi connectivity index (χ1) is 12.3. The number of rotatable bonds is 6. The van der Waals surface area contributed by atoms with Crippen molar-refractivity contribution in [3.63, 3.8) is 0 Å². The molecule has 8 heteroatoms. The number of likely N-dealkylation sites (tertiary alicyclic amines) is 1. The van der Waals surface area contributed by atoms with E-state index in [1.165, 1.54) is 0 Å². The topological polar surface area (TPSA) is 52.6 Å². The second-order valence-electron chi connectivity index (χ2n) is 7.68. The predicted molar refractivity (Wildman–Crippen MR) is 104 cm³/mol. The van der Waals surface area contributed by atoms with E-state index in [-0.39, 0.29) is 18.0 Å². The second kappa shape index (κ2) is 9.60. The van der Waals surface area contributed by atoms with E-state index in [2.05, 4.69) is 46.8 Å². The Kier molecular flexibility index (Phi) is 7.76. The maximum atomic E-state index is 12.5. The third-order valence-electron chi connectivity index (χ3n) is 4.36. The number of alkyl halides is 2. The first kappa shape index (κ1) is 21.0. The summed E-state index contributed by atoms with van der Waals surface area (Å²) in [6.45, 7) is 11.1.